The largest absolute Gasteiger partial charge is 0.455 e. The number of amides is 2. The van der Waals surface area contributed by atoms with Crippen LogP contribution in [-0.4, -0.2) is 35.9 Å². The van der Waals surface area contributed by atoms with Gasteiger partial charge in [0.25, 0.3) is 11.6 Å². The van der Waals surface area contributed by atoms with E-state index in [1.54, 1.807) is 31.2 Å². The van der Waals surface area contributed by atoms with E-state index in [1.165, 1.54) is 11.0 Å². The van der Waals surface area contributed by atoms with Crippen LogP contribution in [0.3, 0.4) is 0 Å². The van der Waals surface area contributed by atoms with Crippen molar-refractivity contribution in [3.8, 4) is 0 Å². The molecule has 1 aliphatic rings. The van der Waals surface area contributed by atoms with Gasteiger partial charge >= 0.3 is 5.97 Å². The Morgan fingerprint density at radius 3 is 2.57 bits per heavy atom. The molecule has 0 bridgehead atoms. The highest BCUT2D eigenvalue weighted by Crippen LogP contribution is 2.30. The third-order valence-corrected chi connectivity index (χ3v) is 4.84. The van der Waals surface area contributed by atoms with Crippen LogP contribution < -0.4 is 10.2 Å². The van der Waals surface area contributed by atoms with Crippen molar-refractivity contribution in [2.24, 2.45) is 5.92 Å². The van der Waals surface area contributed by atoms with Crippen LogP contribution in [-0.2, 0) is 19.1 Å². The number of carbonyl (C=O) groups excluding carboxylic acids is 3. The number of nitro benzene ring substituents is 1. The number of nitro groups is 1. The highest BCUT2D eigenvalue weighted by molar-refractivity contribution is 6.00. The van der Waals surface area contributed by atoms with Gasteiger partial charge in [0, 0.05) is 30.3 Å². The van der Waals surface area contributed by atoms with Crippen molar-refractivity contribution in [3.05, 3.63) is 63.7 Å². The minimum atomic E-state index is -0.745. The molecule has 0 unspecified atom stereocenters. The molecule has 0 saturated carbocycles. The Morgan fingerprint density at radius 1 is 1.20 bits per heavy atom. The van der Waals surface area contributed by atoms with Crippen LogP contribution in [0.25, 0.3) is 0 Å². The Bertz CT molecular complexity index is 1000. The van der Waals surface area contributed by atoms with E-state index in [1.807, 2.05) is 19.1 Å². The molecule has 1 atom stereocenters. The summed E-state index contributed by atoms with van der Waals surface area (Å²) in [5.41, 5.74) is 2.37. The average Bonchev–Trinajstić information content (AvgIpc) is 3.10. The summed E-state index contributed by atoms with van der Waals surface area (Å²) in [6, 6.07) is 11.6. The van der Waals surface area contributed by atoms with Gasteiger partial charge in [-0.3, -0.25) is 24.5 Å². The maximum absolute atomic E-state index is 12.3. The number of nitrogens with zero attached hydrogens (tertiary/aromatic N) is 2. The van der Waals surface area contributed by atoms with Gasteiger partial charge in [-0.2, -0.15) is 0 Å². The van der Waals surface area contributed by atoms with Crippen LogP contribution in [0.5, 0.6) is 0 Å². The fourth-order valence-electron chi connectivity index (χ4n) is 3.17. The summed E-state index contributed by atoms with van der Waals surface area (Å²) in [4.78, 5) is 48.5. The zero-order valence-corrected chi connectivity index (χ0v) is 16.6. The number of ether oxygens (including phenoxy) is 1. The number of hydrogen-bond acceptors (Lipinski definition) is 6. The van der Waals surface area contributed by atoms with Crippen molar-refractivity contribution in [1.82, 2.24) is 0 Å². The topological polar surface area (TPSA) is 119 Å². The molecule has 1 N–H and O–H groups in total. The van der Waals surface area contributed by atoms with Gasteiger partial charge in [-0.05, 0) is 32.0 Å². The van der Waals surface area contributed by atoms with E-state index in [-0.39, 0.29) is 24.6 Å². The summed E-state index contributed by atoms with van der Waals surface area (Å²) in [5, 5.41) is 13.8. The quantitative estimate of drug-likeness (QED) is 0.443. The molecule has 0 aromatic heterocycles. The molecular weight excluding hydrogens is 390 g/mol. The minimum absolute atomic E-state index is 0.0391. The number of benzene rings is 2. The van der Waals surface area contributed by atoms with E-state index in [9.17, 15) is 24.5 Å². The lowest BCUT2D eigenvalue weighted by molar-refractivity contribution is -0.385. The highest BCUT2D eigenvalue weighted by atomic mass is 16.6. The lowest BCUT2D eigenvalue weighted by atomic mass is 10.1. The highest BCUT2D eigenvalue weighted by Gasteiger charge is 2.37. The lowest BCUT2D eigenvalue weighted by Gasteiger charge is -2.16. The van der Waals surface area contributed by atoms with Crippen LogP contribution in [0.1, 0.15) is 17.5 Å². The molecule has 0 aliphatic carbocycles. The molecule has 9 nitrogen and oxygen atoms in total. The third kappa shape index (κ3) is 4.80. The Kier molecular flexibility index (Phi) is 6.10. The second-order valence-corrected chi connectivity index (χ2v) is 7.16. The summed E-state index contributed by atoms with van der Waals surface area (Å²) < 4.78 is 5.06. The van der Waals surface area contributed by atoms with Gasteiger partial charge in [0.05, 0.1) is 16.5 Å². The Balaban J connectivity index is 1.57. The van der Waals surface area contributed by atoms with Crippen LogP contribution in [0.4, 0.5) is 17.1 Å². The first-order valence-corrected chi connectivity index (χ1v) is 9.33. The predicted octanol–water partition coefficient (Wildman–Crippen LogP) is 2.75. The predicted molar refractivity (Wildman–Crippen MR) is 109 cm³/mol. The standard InChI is InChI=1S/C21H21N3O6/c1-13-3-6-16(7-4-13)22-19(25)12-30-21(27)15-9-20(26)23(11-15)17-8-5-14(2)18(10-17)24(28)29/h3-8,10,15H,9,11-12H2,1-2H3,(H,22,25)/t15-/m1/s1. The molecule has 2 aromatic rings. The summed E-state index contributed by atoms with van der Waals surface area (Å²) in [6.45, 7) is 3.11. The van der Waals surface area contributed by atoms with Crippen molar-refractivity contribution in [1.29, 1.82) is 0 Å². The summed E-state index contributed by atoms with van der Waals surface area (Å²) in [6.07, 6.45) is -0.0832. The van der Waals surface area contributed by atoms with E-state index in [0.29, 0.717) is 16.9 Å². The smallest absolute Gasteiger partial charge is 0.311 e. The van der Waals surface area contributed by atoms with Crippen molar-refractivity contribution >= 4 is 34.8 Å². The first kappa shape index (κ1) is 21.0. The first-order chi connectivity index (χ1) is 14.2. The summed E-state index contributed by atoms with van der Waals surface area (Å²) in [5.74, 6) is -2.22. The fourth-order valence-corrected chi connectivity index (χ4v) is 3.17. The molecular formula is C21H21N3O6. The van der Waals surface area contributed by atoms with Gasteiger partial charge in [-0.1, -0.05) is 23.8 Å². The second kappa shape index (κ2) is 8.73. The van der Waals surface area contributed by atoms with Crippen LogP contribution in [0.2, 0.25) is 0 Å². The van der Waals surface area contributed by atoms with E-state index in [4.69, 9.17) is 4.74 Å². The molecule has 2 aromatic carbocycles. The zero-order chi connectivity index (χ0) is 21.8. The summed E-state index contributed by atoms with van der Waals surface area (Å²) >= 11 is 0. The number of carbonyl (C=O) groups is 3. The van der Waals surface area contributed by atoms with Gasteiger partial charge in [-0.15, -0.1) is 0 Å². The Hall–Kier alpha value is -3.75. The van der Waals surface area contributed by atoms with Gasteiger partial charge in [0.1, 0.15) is 0 Å². The zero-order valence-electron chi connectivity index (χ0n) is 16.6. The fraction of sp³-hybridized carbons (Fsp3) is 0.286. The maximum atomic E-state index is 12.3. The van der Waals surface area contributed by atoms with Gasteiger partial charge in [0.2, 0.25) is 5.91 Å². The molecule has 1 saturated heterocycles. The van der Waals surface area contributed by atoms with E-state index >= 15 is 0 Å². The molecule has 30 heavy (non-hydrogen) atoms. The van der Waals surface area contributed by atoms with Gasteiger partial charge in [0.15, 0.2) is 6.61 Å². The normalized spacial score (nSPS) is 15.7. The van der Waals surface area contributed by atoms with E-state index < -0.39 is 29.3 Å². The van der Waals surface area contributed by atoms with Crippen LogP contribution in [0, 0.1) is 29.9 Å². The maximum Gasteiger partial charge on any atom is 0.311 e. The van der Waals surface area contributed by atoms with Crippen molar-refractivity contribution in [3.63, 3.8) is 0 Å². The SMILES string of the molecule is Cc1ccc(NC(=O)COC(=O)[C@@H]2CC(=O)N(c3ccc(C)c([N+](=O)[O-])c3)C2)cc1. The summed E-state index contributed by atoms with van der Waals surface area (Å²) in [7, 11) is 0. The van der Waals surface area contributed by atoms with Crippen molar-refractivity contribution < 1.29 is 24.0 Å². The number of anilines is 2. The van der Waals surface area contributed by atoms with Crippen molar-refractivity contribution in [2.45, 2.75) is 20.3 Å². The molecule has 156 valence electrons. The van der Waals surface area contributed by atoms with Crippen LogP contribution >= 0.6 is 0 Å². The van der Waals surface area contributed by atoms with Crippen LogP contribution in [0.15, 0.2) is 42.5 Å². The average molecular weight is 411 g/mol. The molecule has 1 aliphatic heterocycles. The molecule has 9 heteroatoms. The Labute approximate surface area is 172 Å². The number of rotatable bonds is 6. The number of hydrogen-bond donors (Lipinski definition) is 1. The molecule has 2 amide bonds. The molecule has 0 spiro atoms. The molecule has 3 rings (SSSR count). The molecule has 0 radical (unpaired) electrons. The van der Waals surface area contributed by atoms with Crippen molar-refractivity contribution in [2.75, 3.05) is 23.4 Å². The first-order valence-electron chi connectivity index (χ1n) is 9.33. The Morgan fingerprint density at radius 2 is 1.90 bits per heavy atom. The number of esters is 1. The number of nitrogens with one attached hydrogen (secondary N) is 1. The minimum Gasteiger partial charge on any atom is -0.455 e. The van der Waals surface area contributed by atoms with E-state index in [2.05, 4.69) is 5.32 Å². The third-order valence-electron chi connectivity index (χ3n) is 4.84. The molecule has 1 fully saturated rings. The van der Waals surface area contributed by atoms with Gasteiger partial charge < -0.3 is 15.0 Å². The van der Waals surface area contributed by atoms with E-state index in [0.717, 1.165) is 5.56 Å². The second-order valence-electron chi connectivity index (χ2n) is 7.16. The lowest BCUT2D eigenvalue weighted by Crippen LogP contribution is -2.28. The molecule has 1 heterocycles. The monoisotopic (exact) mass is 411 g/mol. The number of aryl methyl sites for hydroxylation is 2. The van der Waals surface area contributed by atoms with Gasteiger partial charge in [-0.25, -0.2) is 0 Å².